The van der Waals surface area contributed by atoms with E-state index in [-0.39, 0.29) is 23.3 Å². The minimum atomic E-state index is -0.667. The molecule has 31 heavy (non-hydrogen) atoms. The molecule has 0 spiro atoms. The van der Waals surface area contributed by atoms with Gasteiger partial charge in [0.05, 0.1) is 18.6 Å². The van der Waals surface area contributed by atoms with E-state index in [4.69, 9.17) is 14.2 Å². The molecule has 0 aromatic heterocycles. The molecule has 174 valence electrons. The maximum absolute atomic E-state index is 12.5. The number of hydrogen-bond donors (Lipinski definition) is 1. The molecule has 1 N–H and O–H groups in total. The van der Waals surface area contributed by atoms with Gasteiger partial charge >= 0.3 is 12.1 Å². The Kier molecular flexibility index (Phi) is 8.15. The number of alkyl carbamates (subject to hydrolysis) is 1. The van der Waals surface area contributed by atoms with E-state index < -0.39 is 17.1 Å². The Morgan fingerprint density at radius 1 is 1.19 bits per heavy atom. The van der Waals surface area contributed by atoms with Crippen molar-refractivity contribution >= 4 is 12.1 Å². The monoisotopic (exact) mass is 433 g/mol. The number of nitrogens with one attached hydrogen (secondary N) is 1. The van der Waals surface area contributed by atoms with E-state index >= 15 is 0 Å². The molecule has 1 aromatic carbocycles. The van der Waals surface area contributed by atoms with E-state index in [1.807, 2.05) is 65.0 Å². The lowest BCUT2D eigenvalue weighted by Gasteiger charge is -2.36. The first-order valence-corrected chi connectivity index (χ1v) is 11.1. The number of amides is 1. The molecule has 1 aliphatic rings. The number of esters is 1. The zero-order valence-electron chi connectivity index (χ0n) is 20.1. The Balaban J connectivity index is 2.00. The largest absolute Gasteiger partial charge is 0.465 e. The van der Waals surface area contributed by atoms with E-state index in [2.05, 4.69) is 19.2 Å². The van der Waals surface area contributed by atoms with Crippen LogP contribution in [0.3, 0.4) is 0 Å². The van der Waals surface area contributed by atoms with Crippen molar-refractivity contribution in [2.75, 3.05) is 13.2 Å². The lowest BCUT2D eigenvalue weighted by molar-refractivity contribution is -0.145. The second-order valence-electron chi connectivity index (χ2n) is 10.8. The van der Waals surface area contributed by atoms with Crippen molar-refractivity contribution in [3.63, 3.8) is 0 Å². The van der Waals surface area contributed by atoms with Gasteiger partial charge in [-0.3, -0.25) is 4.79 Å². The highest BCUT2D eigenvalue weighted by molar-refractivity contribution is 5.78. The second kappa shape index (κ2) is 10.0. The molecule has 6 heteroatoms. The number of cyclic esters (lactones) is 1. The van der Waals surface area contributed by atoms with Gasteiger partial charge in [0.15, 0.2) is 0 Å². The van der Waals surface area contributed by atoms with E-state index in [1.54, 1.807) is 0 Å². The van der Waals surface area contributed by atoms with Gasteiger partial charge in [0.1, 0.15) is 5.60 Å². The highest BCUT2D eigenvalue weighted by Crippen LogP contribution is 2.41. The molecule has 0 bridgehead atoms. The molecule has 1 aliphatic heterocycles. The molecular formula is C25H39NO5. The molecular weight excluding hydrogens is 394 g/mol. The van der Waals surface area contributed by atoms with Gasteiger partial charge < -0.3 is 19.5 Å². The van der Waals surface area contributed by atoms with Crippen LogP contribution in [0.2, 0.25) is 0 Å². The third-order valence-corrected chi connectivity index (χ3v) is 5.84. The maximum Gasteiger partial charge on any atom is 0.407 e. The summed E-state index contributed by atoms with van der Waals surface area (Å²) in [4.78, 5) is 24.8. The highest BCUT2D eigenvalue weighted by atomic mass is 16.6. The van der Waals surface area contributed by atoms with Crippen LogP contribution in [-0.2, 0) is 25.6 Å². The van der Waals surface area contributed by atoms with Gasteiger partial charge in [0.2, 0.25) is 0 Å². The highest BCUT2D eigenvalue weighted by Gasteiger charge is 2.49. The molecule has 1 amide bonds. The van der Waals surface area contributed by atoms with Crippen LogP contribution < -0.4 is 5.32 Å². The first-order chi connectivity index (χ1) is 14.3. The van der Waals surface area contributed by atoms with Crippen LogP contribution in [-0.4, -0.2) is 36.9 Å². The number of hydrogen-bond acceptors (Lipinski definition) is 5. The predicted octanol–water partition coefficient (Wildman–Crippen LogP) is 5.10. The summed E-state index contributed by atoms with van der Waals surface area (Å²) in [6, 6.07) is 9.84. The molecule has 1 fully saturated rings. The molecule has 1 heterocycles. The average Bonchev–Trinajstić information content (AvgIpc) is 2.90. The smallest absolute Gasteiger partial charge is 0.407 e. The predicted molar refractivity (Wildman–Crippen MR) is 121 cm³/mol. The number of ether oxygens (including phenoxy) is 3. The second-order valence-corrected chi connectivity index (χ2v) is 10.8. The zero-order valence-corrected chi connectivity index (χ0v) is 20.1. The molecule has 1 aromatic rings. The third-order valence-electron chi connectivity index (χ3n) is 5.84. The Morgan fingerprint density at radius 2 is 1.84 bits per heavy atom. The van der Waals surface area contributed by atoms with Gasteiger partial charge in [-0.25, -0.2) is 4.79 Å². The topological polar surface area (TPSA) is 73.9 Å². The fourth-order valence-corrected chi connectivity index (χ4v) is 3.89. The lowest BCUT2D eigenvalue weighted by Crippen LogP contribution is -2.49. The van der Waals surface area contributed by atoms with Crippen LogP contribution in [0.5, 0.6) is 0 Å². The fraction of sp³-hybridized carbons (Fsp3) is 0.680. The van der Waals surface area contributed by atoms with Crippen LogP contribution >= 0.6 is 0 Å². The zero-order chi connectivity index (χ0) is 23.3. The fourth-order valence-electron chi connectivity index (χ4n) is 3.89. The van der Waals surface area contributed by atoms with Crippen molar-refractivity contribution in [3.05, 3.63) is 35.9 Å². The minimum Gasteiger partial charge on any atom is -0.465 e. The molecule has 0 radical (unpaired) electrons. The van der Waals surface area contributed by atoms with Gasteiger partial charge in [-0.1, -0.05) is 44.2 Å². The van der Waals surface area contributed by atoms with E-state index in [1.165, 1.54) is 0 Å². The molecule has 1 unspecified atom stereocenters. The van der Waals surface area contributed by atoms with Gasteiger partial charge in [-0.2, -0.15) is 0 Å². The summed E-state index contributed by atoms with van der Waals surface area (Å²) in [6.07, 6.45) is 1.05. The quantitative estimate of drug-likeness (QED) is 0.433. The summed E-state index contributed by atoms with van der Waals surface area (Å²) in [5, 5.41) is 3.03. The molecule has 0 saturated carbocycles. The molecule has 6 nitrogen and oxygen atoms in total. The van der Waals surface area contributed by atoms with Crippen LogP contribution in [0.25, 0.3) is 0 Å². The van der Waals surface area contributed by atoms with E-state index in [0.717, 1.165) is 12.0 Å². The minimum absolute atomic E-state index is 0.113. The van der Waals surface area contributed by atoms with Gasteiger partial charge in [-0.15, -0.1) is 0 Å². The molecule has 1 saturated heterocycles. The van der Waals surface area contributed by atoms with Crippen molar-refractivity contribution in [2.45, 2.75) is 79.6 Å². The summed E-state index contributed by atoms with van der Waals surface area (Å²) in [6.45, 7) is 15.1. The molecule has 0 aliphatic carbocycles. The number of benzene rings is 1. The van der Waals surface area contributed by atoms with Crippen molar-refractivity contribution in [1.82, 2.24) is 5.32 Å². The van der Waals surface area contributed by atoms with Gasteiger partial charge in [-0.05, 0) is 58.4 Å². The summed E-state index contributed by atoms with van der Waals surface area (Å²) >= 11 is 0. The first kappa shape index (κ1) is 25.2. The van der Waals surface area contributed by atoms with Crippen molar-refractivity contribution < 1.29 is 23.8 Å². The van der Waals surface area contributed by atoms with Crippen LogP contribution in [0.15, 0.2) is 30.3 Å². The van der Waals surface area contributed by atoms with Crippen molar-refractivity contribution in [1.29, 1.82) is 0 Å². The van der Waals surface area contributed by atoms with Gasteiger partial charge in [0.25, 0.3) is 0 Å². The Labute approximate surface area is 187 Å². The van der Waals surface area contributed by atoms with Crippen LogP contribution in [0.4, 0.5) is 4.79 Å². The summed E-state index contributed by atoms with van der Waals surface area (Å²) in [7, 11) is 0. The summed E-state index contributed by atoms with van der Waals surface area (Å²) in [5.41, 5.74) is -0.224. The lowest BCUT2D eigenvalue weighted by atomic mass is 9.71. The normalized spacial score (nSPS) is 19.6. The maximum atomic E-state index is 12.5. The van der Waals surface area contributed by atoms with Crippen molar-refractivity contribution in [3.8, 4) is 0 Å². The Hall–Kier alpha value is -2.08. The van der Waals surface area contributed by atoms with Crippen molar-refractivity contribution in [2.24, 2.45) is 16.7 Å². The SMILES string of the molecule is CC(C)(CCOCc1ccccc1)C[C@H](NC(=O)OC(C)(C)C)C1COC(=O)C1(C)C. The number of rotatable bonds is 9. The molecule has 2 atom stereocenters. The van der Waals surface area contributed by atoms with Crippen LogP contribution in [0, 0.1) is 16.7 Å². The van der Waals surface area contributed by atoms with Gasteiger partial charge in [0, 0.05) is 18.6 Å². The van der Waals surface area contributed by atoms with Crippen LogP contribution in [0.1, 0.15) is 66.9 Å². The number of carbonyl (C=O) groups is 2. The number of carbonyl (C=O) groups excluding carboxylic acids is 2. The first-order valence-electron chi connectivity index (χ1n) is 11.1. The average molecular weight is 434 g/mol. The Bertz CT molecular complexity index is 736. The summed E-state index contributed by atoms with van der Waals surface area (Å²) < 4.78 is 16.7. The standard InChI is InChI=1S/C25H39NO5/c1-23(2,3)31-22(28)26-20(19-17-30-21(27)25(19,6)7)15-24(4,5)13-14-29-16-18-11-9-8-10-12-18/h8-12,19-20H,13-17H2,1-7H3,(H,26,28)/t19?,20-/m0/s1. The molecule has 2 rings (SSSR count). The van der Waals surface area contributed by atoms with E-state index in [9.17, 15) is 9.59 Å². The third kappa shape index (κ3) is 7.84. The Morgan fingerprint density at radius 3 is 2.39 bits per heavy atom. The summed E-state index contributed by atoms with van der Waals surface area (Å²) in [5.74, 6) is -0.352. The van der Waals surface area contributed by atoms with E-state index in [0.29, 0.717) is 26.2 Å².